The summed E-state index contributed by atoms with van der Waals surface area (Å²) in [5.41, 5.74) is -3.93. The number of aliphatic hydroxyl groups is 4. The van der Waals surface area contributed by atoms with Crippen LogP contribution < -0.4 is 11.2 Å². The first kappa shape index (κ1) is 16.3. The summed E-state index contributed by atoms with van der Waals surface area (Å²) in [6, 6.07) is 1.38. The molecule has 0 saturated carbocycles. The number of hydrogen-bond donors (Lipinski definition) is 5. The second kappa shape index (κ2) is 5.64. The van der Waals surface area contributed by atoms with Crippen molar-refractivity contribution in [1.82, 2.24) is 9.55 Å². The number of hydrogen-bond acceptors (Lipinski definition) is 8. The lowest BCUT2D eigenvalue weighted by atomic mass is 9.85. The van der Waals surface area contributed by atoms with E-state index in [-0.39, 0.29) is 5.56 Å². The number of aromatic nitrogens is 2. The fourth-order valence-corrected chi connectivity index (χ4v) is 2.28. The summed E-state index contributed by atoms with van der Waals surface area (Å²) < 4.78 is 6.00. The Kier molecular flexibility index (Phi) is 4.19. The maximum atomic E-state index is 11.8. The van der Waals surface area contributed by atoms with Crippen LogP contribution in [0, 0.1) is 18.3 Å². The summed E-state index contributed by atoms with van der Waals surface area (Å²) in [4.78, 5) is 25.2. The van der Waals surface area contributed by atoms with Crippen molar-refractivity contribution < 1.29 is 25.2 Å². The number of aromatic amines is 1. The van der Waals surface area contributed by atoms with Gasteiger partial charge >= 0.3 is 5.69 Å². The monoisotopic (exact) mass is 313 g/mol. The van der Waals surface area contributed by atoms with Gasteiger partial charge in [0.15, 0.2) is 6.23 Å². The molecule has 120 valence electrons. The van der Waals surface area contributed by atoms with Gasteiger partial charge in [0, 0.05) is 11.8 Å². The van der Waals surface area contributed by atoms with Gasteiger partial charge in [0.1, 0.15) is 24.4 Å². The van der Waals surface area contributed by atoms with E-state index in [0.29, 0.717) is 0 Å². The van der Waals surface area contributed by atoms with Crippen LogP contribution in [0.25, 0.3) is 0 Å². The van der Waals surface area contributed by atoms with Crippen molar-refractivity contribution in [3.8, 4) is 6.07 Å². The normalized spacial score (nSPS) is 35.1. The maximum Gasteiger partial charge on any atom is 0.330 e. The largest absolute Gasteiger partial charge is 0.394 e. The molecule has 0 radical (unpaired) electrons. The van der Waals surface area contributed by atoms with E-state index in [1.807, 2.05) is 4.98 Å². The molecule has 10 nitrogen and oxygen atoms in total. The lowest BCUT2D eigenvalue weighted by molar-refractivity contribution is -0.276. The quantitative estimate of drug-likeness (QED) is 0.354. The molecule has 0 bridgehead atoms. The van der Waals surface area contributed by atoms with Crippen molar-refractivity contribution in [3.63, 3.8) is 0 Å². The Balaban J connectivity index is 2.51. The van der Waals surface area contributed by atoms with Crippen LogP contribution in [0.5, 0.6) is 0 Å². The third kappa shape index (κ3) is 2.35. The van der Waals surface area contributed by atoms with Gasteiger partial charge in [-0.2, -0.15) is 5.26 Å². The summed E-state index contributed by atoms with van der Waals surface area (Å²) >= 11 is 0. The van der Waals surface area contributed by atoms with Gasteiger partial charge in [-0.15, -0.1) is 0 Å². The zero-order valence-electron chi connectivity index (χ0n) is 11.5. The van der Waals surface area contributed by atoms with E-state index in [1.54, 1.807) is 0 Å². The van der Waals surface area contributed by atoms with E-state index in [1.165, 1.54) is 13.0 Å². The molecule has 0 amide bonds. The number of nitrogens with zero attached hydrogens (tertiary/aromatic N) is 2. The molecule has 0 spiro atoms. The fraction of sp³-hybridized carbons (Fsp3) is 0.583. The van der Waals surface area contributed by atoms with Crippen molar-refractivity contribution >= 4 is 0 Å². The molecule has 2 rings (SSSR count). The van der Waals surface area contributed by atoms with E-state index in [4.69, 9.17) is 10.00 Å². The van der Waals surface area contributed by atoms with Gasteiger partial charge < -0.3 is 25.2 Å². The average Bonchev–Trinajstić information content (AvgIpc) is 2.49. The molecule has 5 N–H and O–H groups in total. The van der Waals surface area contributed by atoms with E-state index in [2.05, 4.69) is 0 Å². The van der Waals surface area contributed by atoms with E-state index in [9.17, 15) is 30.0 Å². The molecule has 1 aliphatic heterocycles. The molecule has 5 atom stereocenters. The third-order valence-corrected chi connectivity index (χ3v) is 3.63. The molecule has 0 aromatic carbocycles. The topological polar surface area (TPSA) is 169 Å². The molecule has 2 heterocycles. The van der Waals surface area contributed by atoms with Crippen molar-refractivity contribution in [2.45, 2.75) is 37.1 Å². The van der Waals surface area contributed by atoms with Crippen molar-refractivity contribution in [2.75, 3.05) is 6.61 Å². The molecular formula is C12H15N3O7. The molecular weight excluding hydrogens is 298 g/mol. The predicted octanol–water partition coefficient (Wildman–Crippen LogP) is -3.29. The lowest BCUT2D eigenvalue weighted by Gasteiger charge is -2.44. The average molecular weight is 313 g/mol. The molecule has 1 saturated heterocycles. The van der Waals surface area contributed by atoms with Crippen LogP contribution in [-0.4, -0.2) is 60.5 Å². The second-order valence-electron chi connectivity index (χ2n) is 5.05. The summed E-state index contributed by atoms with van der Waals surface area (Å²) in [5, 5.41) is 48.2. The number of ether oxygens (including phenoxy) is 1. The van der Waals surface area contributed by atoms with Gasteiger partial charge in [-0.05, 0) is 6.92 Å². The van der Waals surface area contributed by atoms with Gasteiger partial charge in [0.25, 0.3) is 5.56 Å². The number of rotatable bonds is 2. The minimum absolute atomic E-state index is 0.145. The Bertz CT molecular complexity index is 717. The first-order chi connectivity index (χ1) is 10.3. The summed E-state index contributed by atoms with van der Waals surface area (Å²) in [6.07, 6.45) is -5.78. The summed E-state index contributed by atoms with van der Waals surface area (Å²) in [5.74, 6) is 0. The minimum atomic E-state index is -2.54. The molecule has 0 unspecified atom stereocenters. The van der Waals surface area contributed by atoms with Crippen LogP contribution in [0.4, 0.5) is 0 Å². The maximum absolute atomic E-state index is 11.8. The number of aryl methyl sites for hydroxylation is 1. The van der Waals surface area contributed by atoms with Crippen LogP contribution in [0.2, 0.25) is 0 Å². The molecule has 1 aliphatic rings. The molecule has 1 fully saturated rings. The smallest absolute Gasteiger partial charge is 0.330 e. The van der Waals surface area contributed by atoms with E-state index in [0.717, 1.165) is 10.8 Å². The highest BCUT2D eigenvalue weighted by Gasteiger charge is 2.55. The highest BCUT2D eigenvalue weighted by Crippen LogP contribution is 2.33. The van der Waals surface area contributed by atoms with Crippen LogP contribution in [-0.2, 0) is 4.74 Å². The molecule has 0 aliphatic carbocycles. The first-order valence-electron chi connectivity index (χ1n) is 6.34. The number of H-pyrrole nitrogens is 1. The van der Waals surface area contributed by atoms with Gasteiger partial charge in [0.2, 0.25) is 5.60 Å². The van der Waals surface area contributed by atoms with Gasteiger partial charge in [-0.25, -0.2) is 4.79 Å². The van der Waals surface area contributed by atoms with E-state index < -0.39 is 48.0 Å². The number of nitriles is 1. The second-order valence-corrected chi connectivity index (χ2v) is 5.05. The van der Waals surface area contributed by atoms with E-state index >= 15 is 0 Å². The van der Waals surface area contributed by atoms with Gasteiger partial charge in [-0.3, -0.25) is 14.3 Å². The van der Waals surface area contributed by atoms with Crippen LogP contribution in [0.1, 0.15) is 11.8 Å². The van der Waals surface area contributed by atoms with Crippen LogP contribution >= 0.6 is 0 Å². The first-order valence-corrected chi connectivity index (χ1v) is 6.34. The van der Waals surface area contributed by atoms with Crippen molar-refractivity contribution in [2.24, 2.45) is 0 Å². The lowest BCUT2D eigenvalue weighted by Crippen LogP contribution is -2.65. The highest BCUT2D eigenvalue weighted by molar-refractivity contribution is 5.15. The molecule has 1 aromatic rings. The number of nitrogens with one attached hydrogen (secondary N) is 1. The SMILES string of the molecule is Cc1cn([C@H]2O[C@H](CO)[C@](O)(C#N)[C@H](O)[C@@H]2O)c(=O)[nH]c1=O. The van der Waals surface area contributed by atoms with Crippen LogP contribution in [0.3, 0.4) is 0 Å². The Hall–Kier alpha value is -2.03. The van der Waals surface area contributed by atoms with Crippen molar-refractivity contribution in [3.05, 3.63) is 32.6 Å². The number of aliphatic hydroxyl groups excluding tert-OH is 3. The Labute approximate surface area is 123 Å². The fourth-order valence-electron chi connectivity index (χ4n) is 2.28. The Morgan fingerprint density at radius 3 is 2.68 bits per heavy atom. The molecule has 22 heavy (non-hydrogen) atoms. The van der Waals surface area contributed by atoms with Crippen molar-refractivity contribution in [1.29, 1.82) is 5.26 Å². The summed E-state index contributed by atoms with van der Waals surface area (Å²) in [6.45, 7) is 0.580. The Morgan fingerprint density at radius 1 is 1.50 bits per heavy atom. The predicted molar refractivity (Wildman–Crippen MR) is 69.6 cm³/mol. The zero-order valence-corrected chi connectivity index (χ0v) is 11.5. The molecule has 10 heteroatoms. The Morgan fingerprint density at radius 2 is 2.14 bits per heavy atom. The van der Waals surface area contributed by atoms with Gasteiger partial charge in [-0.1, -0.05) is 0 Å². The zero-order chi connectivity index (χ0) is 16.7. The molecule has 1 aromatic heterocycles. The summed E-state index contributed by atoms with van der Waals surface area (Å²) in [7, 11) is 0. The third-order valence-electron chi connectivity index (χ3n) is 3.63. The minimum Gasteiger partial charge on any atom is -0.394 e. The van der Waals surface area contributed by atoms with Crippen LogP contribution in [0.15, 0.2) is 15.8 Å². The highest BCUT2D eigenvalue weighted by atomic mass is 16.6. The van der Waals surface area contributed by atoms with Gasteiger partial charge in [0.05, 0.1) is 6.61 Å². The standard InChI is InChI=1S/C12H15N3O7/c1-5-2-15(11(20)14-9(5)19)10-7(17)8(18)12(21,4-13)6(3-16)22-10/h2,6-8,10,16-18,21H,3H2,1H3,(H,14,19,20)/t6-,7+,8-,10+,12-/m1/s1.